The van der Waals surface area contributed by atoms with Crippen LogP contribution in [0.1, 0.15) is 36.0 Å². The van der Waals surface area contributed by atoms with Crippen molar-refractivity contribution in [3.05, 3.63) is 77.4 Å². The molecule has 1 fully saturated rings. The summed E-state index contributed by atoms with van der Waals surface area (Å²) in [4.78, 5) is 27.2. The van der Waals surface area contributed by atoms with E-state index in [4.69, 9.17) is 0 Å². The number of carbonyl (C=O) groups is 2. The maximum atomic E-state index is 13.3. The van der Waals surface area contributed by atoms with E-state index in [1.807, 2.05) is 60.7 Å². The molecule has 0 saturated carbocycles. The zero-order valence-corrected chi connectivity index (χ0v) is 14.7. The Hall–Kier alpha value is -2.88. The van der Waals surface area contributed by atoms with Gasteiger partial charge in [-0.1, -0.05) is 66.7 Å². The summed E-state index contributed by atoms with van der Waals surface area (Å²) < 4.78 is 0. The third-order valence-corrected chi connectivity index (χ3v) is 5.30. The number of imide groups is 1. The molecule has 3 amide bonds. The monoisotopic (exact) mass is 346 g/mol. The number of nitrogens with zero attached hydrogens (tertiary/aromatic N) is 1. The van der Waals surface area contributed by atoms with Crippen LogP contribution in [0.3, 0.4) is 0 Å². The molecule has 132 valence electrons. The Labute approximate surface area is 153 Å². The maximum absolute atomic E-state index is 13.3. The molecule has 1 aliphatic heterocycles. The Balaban J connectivity index is 1.60. The molecular weight excluding hydrogens is 324 g/mol. The van der Waals surface area contributed by atoms with Gasteiger partial charge in [0.05, 0.1) is 0 Å². The Morgan fingerprint density at radius 2 is 1.77 bits per heavy atom. The lowest BCUT2D eigenvalue weighted by Crippen LogP contribution is -2.44. The Morgan fingerprint density at radius 1 is 1.00 bits per heavy atom. The highest BCUT2D eigenvalue weighted by Crippen LogP contribution is 2.38. The molecule has 1 saturated heterocycles. The van der Waals surface area contributed by atoms with Gasteiger partial charge in [-0.25, -0.2) is 4.79 Å². The average Bonchev–Trinajstić information content (AvgIpc) is 2.81. The highest BCUT2D eigenvalue weighted by Gasteiger charge is 2.52. The van der Waals surface area contributed by atoms with Crippen LogP contribution >= 0.6 is 0 Å². The van der Waals surface area contributed by atoms with Gasteiger partial charge in [0.2, 0.25) is 0 Å². The van der Waals surface area contributed by atoms with Crippen LogP contribution in [0.2, 0.25) is 0 Å². The van der Waals surface area contributed by atoms with Gasteiger partial charge in [0.15, 0.2) is 0 Å². The summed E-state index contributed by atoms with van der Waals surface area (Å²) in [6, 6.07) is 17.6. The van der Waals surface area contributed by atoms with Gasteiger partial charge >= 0.3 is 6.03 Å². The van der Waals surface area contributed by atoms with Crippen molar-refractivity contribution in [2.45, 2.75) is 31.2 Å². The SMILES string of the molecule is O=C1NC2(CCCCc3ccccc32)C(=O)N1CC=Cc1ccccc1. The normalized spacial score (nSPS) is 22.5. The van der Waals surface area contributed by atoms with Crippen molar-refractivity contribution in [2.75, 3.05) is 6.54 Å². The minimum absolute atomic E-state index is 0.130. The van der Waals surface area contributed by atoms with Crippen molar-refractivity contribution >= 4 is 18.0 Å². The van der Waals surface area contributed by atoms with Crippen molar-refractivity contribution in [1.82, 2.24) is 10.2 Å². The first-order chi connectivity index (χ1) is 12.7. The molecule has 4 heteroatoms. The van der Waals surface area contributed by atoms with Crippen LogP contribution < -0.4 is 5.32 Å². The van der Waals surface area contributed by atoms with Gasteiger partial charge in [0, 0.05) is 6.54 Å². The van der Waals surface area contributed by atoms with Crippen molar-refractivity contribution in [2.24, 2.45) is 0 Å². The fourth-order valence-corrected chi connectivity index (χ4v) is 4.00. The van der Waals surface area contributed by atoms with Gasteiger partial charge in [-0.15, -0.1) is 0 Å². The Kier molecular flexibility index (Phi) is 4.33. The molecule has 4 rings (SSSR count). The van der Waals surface area contributed by atoms with Crippen molar-refractivity contribution < 1.29 is 9.59 Å². The molecular formula is C22H22N2O2. The van der Waals surface area contributed by atoms with E-state index >= 15 is 0 Å². The number of amides is 3. The van der Waals surface area contributed by atoms with Crippen LogP contribution in [0.25, 0.3) is 6.08 Å². The predicted molar refractivity (Wildman–Crippen MR) is 101 cm³/mol. The predicted octanol–water partition coefficient (Wildman–Crippen LogP) is 3.87. The first kappa shape index (κ1) is 16.6. The summed E-state index contributed by atoms with van der Waals surface area (Å²) in [6.45, 7) is 0.281. The van der Waals surface area contributed by atoms with Crippen LogP contribution in [-0.2, 0) is 16.8 Å². The van der Waals surface area contributed by atoms with Crippen LogP contribution in [-0.4, -0.2) is 23.4 Å². The number of hydrogen-bond acceptors (Lipinski definition) is 2. The zero-order valence-electron chi connectivity index (χ0n) is 14.7. The lowest BCUT2D eigenvalue weighted by Gasteiger charge is -2.27. The molecule has 0 radical (unpaired) electrons. The molecule has 0 aromatic heterocycles. The van der Waals surface area contributed by atoms with E-state index in [0.29, 0.717) is 6.42 Å². The number of fused-ring (bicyclic) bond motifs is 2. The molecule has 26 heavy (non-hydrogen) atoms. The number of hydrogen-bond donors (Lipinski definition) is 1. The number of carbonyl (C=O) groups excluding carboxylic acids is 2. The molecule has 1 N–H and O–H groups in total. The van der Waals surface area contributed by atoms with E-state index < -0.39 is 5.54 Å². The third-order valence-electron chi connectivity index (χ3n) is 5.30. The minimum Gasteiger partial charge on any atom is -0.319 e. The second-order valence-electron chi connectivity index (χ2n) is 6.93. The fraction of sp³-hybridized carbons (Fsp3) is 0.273. The number of rotatable bonds is 3. The molecule has 2 aromatic rings. The molecule has 0 bridgehead atoms. The maximum Gasteiger partial charge on any atom is 0.325 e. The second kappa shape index (κ2) is 6.79. The van der Waals surface area contributed by atoms with E-state index in [-0.39, 0.29) is 18.5 Å². The van der Waals surface area contributed by atoms with Gasteiger partial charge < -0.3 is 5.32 Å². The summed E-state index contributed by atoms with van der Waals surface area (Å²) in [5, 5.41) is 3.02. The third kappa shape index (κ3) is 2.81. The molecule has 1 spiro atoms. The number of benzene rings is 2. The van der Waals surface area contributed by atoms with E-state index in [0.717, 1.165) is 30.4 Å². The Morgan fingerprint density at radius 3 is 2.62 bits per heavy atom. The van der Waals surface area contributed by atoms with Gasteiger partial charge in [-0.05, 0) is 42.4 Å². The van der Waals surface area contributed by atoms with Crippen LogP contribution in [0.15, 0.2) is 60.7 Å². The Bertz CT molecular complexity index is 859. The molecule has 1 unspecified atom stereocenters. The van der Waals surface area contributed by atoms with Gasteiger partial charge in [0.1, 0.15) is 5.54 Å². The first-order valence-electron chi connectivity index (χ1n) is 9.15. The minimum atomic E-state index is -0.898. The average molecular weight is 346 g/mol. The van der Waals surface area contributed by atoms with E-state index in [2.05, 4.69) is 11.4 Å². The fourth-order valence-electron chi connectivity index (χ4n) is 4.00. The lowest BCUT2D eigenvalue weighted by atomic mass is 9.84. The van der Waals surface area contributed by atoms with Crippen LogP contribution in [0, 0.1) is 0 Å². The molecule has 2 aromatic carbocycles. The summed E-state index contributed by atoms with van der Waals surface area (Å²) in [5.41, 5.74) is 2.28. The lowest BCUT2D eigenvalue weighted by molar-refractivity contribution is -0.131. The van der Waals surface area contributed by atoms with Gasteiger partial charge in [-0.3, -0.25) is 9.69 Å². The van der Waals surface area contributed by atoms with Crippen molar-refractivity contribution in [3.63, 3.8) is 0 Å². The van der Waals surface area contributed by atoms with E-state index in [1.165, 1.54) is 10.5 Å². The number of urea groups is 1. The van der Waals surface area contributed by atoms with Gasteiger partial charge in [0.25, 0.3) is 5.91 Å². The number of nitrogens with one attached hydrogen (secondary N) is 1. The first-order valence-corrected chi connectivity index (χ1v) is 9.15. The summed E-state index contributed by atoms with van der Waals surface area (Å²) in [7, 11) is 0. The number of aryl methyl sites for hydroxylation is 1. The highest BCUT2D eigenvalue weighted by molar-refractivity contribution is 6.07. The smallest absolute Gasteiger partial charge is 0.319 e. The summed E-state index contributed by atoms with van der Waals surface area (Å²) >= 11 is 0. The summed E-state index contributed by atoms with van der Waals surface area (Å²) in [5.74, 6) is -0.130. The molecule has 1 aliphatic carbocycles. The molecule has 4 nitrogen and oxygen atoms in total. The van der Waals surface area contributed by atoms with Crippen LogP contribution in [0.5, 0.6) is 0 Å². The summed E-state index contributed by atoms with van der Waals surface area (Å²) in [6.07, 6.45) is 7.38. The van der Waals surface area contributed by atoms with Crippen molar-refractivity contribution in [1.29, 1.82) is 0 Å². The largest absolute Gasteiger partial charge is 0.325 e. The van der Waals surface area contributed by atoms with Gasteiger partial charge in [-0.2, -0.15) is 0 Å². The highest BCUT2D eigenvalue weighted by atomic mass is 16.2. The second-order valence-corrected chi connectivity index (χ2v) is 6.93. The van der Waals surface area contributed by atoms with E-state index in [1.54, 1.807) is 0 Å². The molecule has 1 atom stereocenters. The van der Waals surface area contributed by atoms with E-state index in [9.17, 15) is 9.59 Å². The standard InChI is InChI=1S/C22H22N2O2/c25-20-22(15-7-6-13-18-12-4-5-14-19(18)22)23-21(26)24(20)16-8-11-17-9-2-1-3-10-17/h1-5,8-12,14H,6-7,13,15-16H2,(H,23,26). The zero-order chi connectivity index (χ0) is 18.0. The van der Waals surface area contributed by atoms with Crippen molar-refractivity contribution in [3.8, 4) is 0 Å². The molecule has 2 aliphatic rings. The van der Waals surface area contributed by atoms with Crippen LogP contribution in [0.4, 0.5) is 4.79 Å². The topological polar surface area (TPSA) is 49.4 Å². The quantitative estimate of drug-likeness (QED) is 0.858. The molecule has 1 heterocycles.